The molecule has 0 radical (unpaired) electrons. The first-order valence-electron chi connectivity index (χ1n) is 7.01. The Morgan fingerprint density at radius 3 is 2.17 bits per heavy atom. The van der Waals surface area contributed by atoms with Gasteiger partial charge in [0.25, 0.3) is 6.08 Å². The van der Waals surface area contributed by atoms with Crippen molar-refractivity contribution in [3.05, 3.63) is 71.3 Å². The Hall–Kier alpha value is -3.05. The zero-order valence-corrected chi connectivity index (χ0v) is 12.4. The van der Waals surface area contributed by atoms with Crippen molar-refractivity contribution in [2.24, 2.45) is 0 Å². The molecule has 0 bridgehead atoms. The van der Waals surface area contributed by atoms with E-state index in [0.717, 1.165) is 23.8 Å². The zero-order chi connectivity index (χ0) is 17.5. The van der Waals surface area contributed by atoms with Crippen LogP contribution in [-0.4, -0.2) is 0 Å². The number of benzene rings is 2. The molecule has 0 aliphatic rings. The van der Waals surface area contributed by atoms with Gasteiger partial charge in [-0.25, -0.2) is 8.78 Å². The van der Waals surface area contributed by atoms with E-state index < -0.39 is 23.3 Å². The van der Waals surface area contributed by atoms with Crippen LogP contribution in [0.3, 0.4) is 0 Å². The van der Waals surface area contributed by atoms with Gasteiger partial charge in [-0.3, -0.25) is 0 Å². The van der Waals surface area contributed by atoms with E-state index in [4.69, 9.17) is 5.26 Å². The Kier molecular flexibility index (Phi) is 5.76. The zero-order valence-electron chi connectivity index (χ0n) is 12.4. The van der Waals surface area contributed by atoms with Gasteiger partial charge < -0.3 is 0 Å². The van der Waals surface area contributed by atoms with E-state index >= 15 is 0 Å². The van der Waals surface area contributed by atoms with Crippen molar-refractivity contribution in [3.63, 3.8) is 0 Å². The molecule has 24 heavy (non-hydrogen) atoms. The smallest absolute Gasteiger partial charge is 0.205 e. The lowest BCUT2D eigenvalue weighted by molar-refractivity contribution is 0.417. The second-order valence-corrected chi connectivity index (χ2v) is 4.91. The normalized spacial score (nSPS) is 9.62. The average Bonchev–Trinajstić information content (AvgIpc) is 2.54. The lowest BCUT2D eigenvalue weighted by Gasteiger charge is -2.06. The Morgan fingerprint density at radius 1 is 1.00 bits per heavy atom. The quantitative estimate of drug-likeness (QED) is 0.557. The maximum absolute atomic E-state index is 13.9. The van der Waals surface area contributed by atoms with Crippen molar-refractivity contribution in [1.82, 2.24) is 0 Å². The molecule has 0 aromatic heterocycles. The van der Waals surface area contributed by atoms with Gasteiger partial charge >= 0.3 is 0 Å². The maximum atomic E-state index is 13.9. The van der Waals surface area contributed by atoms with Gasteiger partial charge in [0.05, 0.1) is 5.56 Å². The van der Waals surface area contributed by atoms with Crippen LogP contribution in [0.25, 0.3) is 11.1 Å². The van der Waals surface area contributed by atoms with Crippen molar-refractivity contribution in [3.8, 4) is 29.0 Å². The highest BCUT2D eigenvalue weighted by atomic mass is 19.3. The van der Waals surface area contributed by atoms with E-state index in [1.54, 1.807) is 24.3 Å². The van der Waals surface area contributed by atoms with Crippen LogP contribution < -0.4 is 0 Å². The standard InChI is InChI=1S/C19H11F4N/c20-17-11-15(12-18(21)16(17)4-2-10-24)14-8-6-13(7-9-14)3-1-5-19(22)23/h5-9,11-12H,1,3H2. The fourth-order valence-corrected chi connectivity index (χ4v) is 2.16. The number of nitriles is 1. The first-order chi connectivity index (χ1) is 11.5. The van der Waals surface area contributed by atoms with Crippen LogP contribution in [0.2, 0.25) is 0 Å². The van der Waals surface area contributed by atoms with Crippen molar-refractivity contribution in [1.29, 1.82) is 5.26 Å². The van der Waals surface area contributed by atoms with Gasteiger partial charge in [-0.2, -0.15) is 14.0 Å². The number of aryl methyl sites for hydroxylation is 1. The largest absolute Gasteiger partial charge is 0.266 e. The van der Waals surface area contributed by atoms with Crippen molar-refractivity contribution >= 4 is 0 Å². The van der Waals surface area contributed by atoms with Crippen LogP contribution in [0.4, 0.5) is 17.6 Å². The minimum atomic E-state index is -1.71. The van der Waals surface area contributed by atoms with E-state index in [0.29, 0.717) is 17.5 Å². The molecule has 0 heterocycles. The second kappa shape index (κ2) is 7.99. The van der Waals surface area contributed by atoms with Crippen molar-refractivity contribution in [2.45, 2.75) is 12.8 Å². The number of halogens is 4. The van der Waals surface area contributed by atoms with Gasteiger partial charge in [0.15, 0.2) is 6.07 Å². The SMILES string of the molecule is N#CC#Cc1c(F)cc(-c2ccc(CCC=C(F)F)cc2)cc1F. The molecule has 2 rings (SSSR count). The lowest BCUT2D eigenvalue weighted by atomic mass is 10.0. The van der Waals surface area contributed by atoms with Gasteiger partial charge in [-0.1, -0.05) is 24.3 Å². The third kappa shape index (κ3) is 4.47. The molecule has 2 aromatic carbocycles. The number of hydrogen-bond donors (Lipinski definition) is 0. The third-order valence-electron chi connectivity index (χ3n) is 3.30. The molecule has 0 saturated carbocycles. The molecule has 0 fully saturated rings. The number of hydrogen-bond acceptors (Lipinski definition) is 1. The van der Waals surface area contributed by atoms with Gasteiger partial charge in [-0.15, -0.1) is 0 Å². The molecule has 120 valence electrons. The van der Waals surface area contributed by atoms with Crippen LogP contribution in [0.15, 0.2) is 48.6 Å². The average molecular weight is 329 g/mol. The first kappa shape index (κ1) is 17.3. The Morgan fingerprint density at radius 2 is 1.62 bits per heavy atom. The maximum Gasteiger partial charge on any atom is 0.266 e. The summed E-state index contributed by atoms with van der Waals surface area (Å²) in [7, 11) is 0. The molecule has 0 saturated heterocycles. The number of allylic oxidation sites excluding steroid dienone is 1. The van der Waals surface area contributed by atoms with E-state index in [2.05, 4.69) is 5.92 Å². The molecule has 0 N–H and O–H groups in total. The van der Waals surface area contributed by atoms with E-state index in [-0.39, 0.29) is 6.42 Å². The molecule has 0 unspecified atom stereocenters. The summed E-state index contributed by atoms with van der Waals surface area (Å²) >= 11 is 0. The van der Waals surface area contributed by atoms with Crippen LogP contribution in [0, 0.1) is 34.8 Å². The summed E-state index contributed by atoms with van der Waals surface area (Å²) in [6, 6.07) is 10.6. The Balaban J connectivity index is 2.23. The summed E-state index contributed by atoms with van der Waals surface area (Å²) in [5.74, 6) is 2.39. The van der Waals surface area contributed by atoms with Crippen LogP contribution in [0.1, 0.15) is 17.5 Å². The van der Waals surface area contributed by atoms with E-state index in [1.807, 2.05) is 5.92 Å². The fourth-order valence-electron chi connectivity index (χ4n) is 2.16. The van der Waals surface area contributed by atoms with Crippen LogP contribution in [-0.2, 0) is 6.42 Å². The summed E-state index contributed by atoms with van der Waals surface area (Å²) in [6.45, 7) is 0. The predicted octanol–water partition coefficient (Wildman–Crippen LogP) is 5.22. The van der Waals surface area contributed by atoms with Gasteiger partial charge in [-0.05, 0) is 53.7 Å². The molecule has 0 spiro atoms. The summed E-state index contributed by atoms with van der Waals surface area (Å²) in [4.78, 5) is 0. The predicted molar refractivity (Wildman–Crippen MR) is 82.9 cm³/mol. The molecule has 0 aliphatic heterocycles. The third-order valence-corrected chi connectivity index (χ3v) is 3.30. The van der Waals surface area contributed by atoms with E-state index in [1.165, 1.54) is 6.07 Å². The monoisotopic (exact) mass is 329 g/mol. The second-order valence-electron chi connectivity index (χ2n) is 4.91. The minimum Gasteiger partial charge on any atom is -0.205 e. The van der Waals surface area contributed by atoms with Crippen LogP contribution >= 0.6 is 0 Å². The molecular weight excluding hydrogens is 318 g/mol. The number of nitrogens with zero attached hydrogens (tertiary/aromatic N) is 1. The van der Waals surface area contributed by atoms with Gasteiger partial charge in [0.2, 0.25) is 0 Å². The summed E-state index contributed by atoms with van der Waals surface area (Å²) in [5, 5.41) is 8.35. The van der Waals surface area contributed by atoms with Gasteiger partial charge in [0.1, 0.15) is 11.6 Å². The highest BCUT2D eigenvalue weighted by Gasteiger charge is 2.10. The Labute approximate surface area is 136 Å². The summed E-state index contributed by atoms with van der Waals surface area (Å²) in [6.07, 6.45) is -0.197. The summed E-state index contributed by atoms with van der Waals surface area (Å²) in [5.41, 5.74) is 1.31. The molecule has 0 aliphatic carbocycles. The minimum absolute atomic E-state index is 0.219. The molecule has 5 heteroatoms. The topological polar surface area (TPSA) is 23.8 Å². The van der Waals surface area contributed by atoms with Crippen molar-refractivity contribution in [2.75, 3.05) is 0 Å². The first-order valence-corrected chi connectivity index (χ1v) is 7.01. The Bertz CT molecular complexity index is 838. The fraction of sp³-hybridized carbons (Fsp3) is 0.105. The highest BCUT2D eigenvalue weighted by molar-refractivity contribution is 5.65. The van der Waals surface area contributed by atoms with Crippen molar-refractivity contribution < 1.29 is 17.6 Å². The van der Waals surface area contributed by atoms with Gasteiger partial charge in [0, 0.05) is 5.92 Å². The highest BCUT2D eigenvalue weighted by Crippen LogP contribution is 2.25. The molecule has 2 aromatic rings. The number of rotatable bonds is 4. The molecule has 1 nitrogen and oxygen atoms in total. The van der Waals surface area contributed by atoms with Crippen LogP contribution in [0.5, 0.6) is 0 Å². The molecule has 0 atom stereocenters. The molecule has 0 amide bonds. The van der Waals surface area contributed by atoms with E-state index in [9.17, 15) is 17.6 Å². The molecular formula is C19H11F4N. The summed E-state index contributed by atoms with van der Waals surface area (Å²) < 4.78 is 51.8. The lowest BCUT2D eigenvalue weighted by Crippen LogP contribution is -1.92.